The first-order valence-electron chi connectivity index (χ1n) is 9.84. The minimum atomic E-state index is -1.31. The third kappa shape index (κ3) is 4.74. The lowest BCUT2D eigenvalue weighted by atomic mass is 9.61. The van der Waals surface area contributed by atoms with Crippen molar-refractivity contribution < 1.29 is 29.0 Å². The average Bonchev–Trinajstić information content (AvgIpc) is 2.73. The zero-order valence-electron chi connectivity index (χ0n) is 17.2. The number of anilines is 1. The van der Waals surface area contributed by atoms with Gasteiger partial charge in [-0.25, -0.2) is 0 Å². The summed E-state index contributed by atoms with van der Waals surface area (Å²) in [4.78, 5) is 47.3. The number of ether oxygens (including phenoxy) is 1. The molecule has 0 radical (unpaired) electrons. The molecule has 4 atom stereocenters. The molecule has 0 bridgehead atoms. The molecule has 0 aliphatic heterocycles. The molecule has 1 fully saturated rings. The summed E-state index contributed by atoms with van der Waals surface area (Å²) in [6.45, 7) is 2.12. The third-order valence-corrected chi connectivity index (χ3v) is 5.58. The highest BCUT2D eigenvalue weighted by molar-refractivity contribution is 6.01. The van der Waals surface area contributed by atoms with E-state index in [1.807, 2.05) is 31.2 Å². The van der Waals surface area contributed by atoms with Gasteiger partial charge in [0.15, 0.2) is 0 Å². The van der Waals surface area contributed by atoms with Gasteiger partial charge in [0, 0.05) is 12.7 Å². The predicted molar refractivity (Wildman–Crippen MR) is 112 cm³/mol. The van der Waals surface area contributed by atoms with Crippen molar-refractivity contribution in [3.63, 3.8) is 0 Å². The molecule has 4 unspecified atom stereocenters. The van der Waals surface area contributed by atoms with E-state index >= 15 is 0 Å². The molecule has 2 aromatic rings. The summed E-state index contributed by atoms with van der Waals surface area (Å²) in [5.41, 5.74) is 3.89. The highest BCUT2D eigenvalue weighted by Gasteiger charge is 2.62. The number of aliphatic carboxylic acids is 1. The summed E-state index contributed by atoms with van der Waals surface area (Å²) in [5.74, 6) is -6.00. The first-order valence-corrected chi connectivity index (χ1v) is 9.84. The summed E-state index contributed by atoms with van der Waals surface area (Å²) in [5, 5.41) is 14.5. The van der Waals surface area contributed by atoms with Crippen LogP contribution in [0.1, 0.15) is 16.7 Å². The summed E-state index contributed by atoms with van der Waals surface area (Å²) >= 11 is 0. The largest absolute Gasteiger partial charge is 0.481 e. The molecule has 0 spiro atoms. The summed E-state index contributed by atoms with van der Waals surface area (Å²) in [6.07, 6.45) is -0.454. The molecule has 2 amide bonds. The van der Waals surface area contributed by atoms with Gasteiger partial charge in [0.1, 0.15) is 12.0 Å². The highest BCUT2D eigenvalue weighted by Crippen LogP contribution is 2.44. The van der Waals surface area contributed by atoms with Gasteiger partial charge in [-0.2, -0.15) is 0 Å². The summed E-state index contributed by atoms with van der Waals surface area (Å²) < 4.78 is 4.80. The van der Waals surface area contributed by atoms with Gasteiger partial charge in [-0.15, -0.1) is 0 Å². The molecule has 1 aliphatic rings. The van der Waals surface area contributed by atoms with Crippen LogP contribution in [0, 0.1) is 24.7 Å². The van der Waals surface area contributed by atoms with E-state index in [4.69, 9.17) is 4.74 Å². The number of aryl methyl sites for hydroxylation is 1. The van der Waals surface area contributed by atoms with Crippen LogP contribution in [0.15, 0.2) is 48.5 Å². The molecule has 162 valence electrons. The van der Waals surface area contributed by atoms with Crippen molar-refractivity contribution in [1.29, 1.82) is 0 Å². The average molecular weight is 424 g/mol. The first kappa shape index (κ1) is 22.0. The van der Waals surface area contributed by atoms with Crippen LogP contribution in [0.2, 0.25) is 0 Å². The summed E-state index contributed by atoms with van der Waals surface area (Å²) in [6, 6.07) is 15.4. The lowest BCUT2D eigenvalue weighted by Crippen LogP contribution is -2.64. The second kappa shape index (κ2) is 9.42. The second-order valence-corrected chi connectivity index (χ2v) is 7.58. The second-order valence-electron chi connectivity index (χ2n) is 7.58. The molecule has 0 saturated heterocycles. The van der Waals surface area contributed by atoms with Crippen molar-refractivity contribution in [2.75, 3.05) is 12.4 Å². The van der Waals surface area contributed by atoms with Crippen LogP contribution in [0.25, 0.3) is 0 Å². The maximum atomic E-state index is 12.8. The maximum Gasteiger partial charge on any atom is 0.311 e. The Labute approximate surface area is 179 Å². The van der Waals surface area contributed by atoms with E-state index < -0.39 is 41.6 Å². The van der Waals surface area contributed by atoms with Gasteiger partial charge in [0.2, 0.25) is 11.8 Å². The minimum Gasteiger partial charge on any atom is -0.481 e. The SMILES string of the molecule is CNC(=O)C1C(OC=O)C(C(=O)O)C1C(=O)Nc1ccc(Cc2ccc(C)cc2)cc1. The van der Waals surface area contributed by atoms with Crippen LogP contribution < -0.4 is 10.6 Å². The molecule has 8 heteroatoms. The first-order chi connectivity index (χ1) is 14.8. The standard InChI is InChI=1S/C23H24N2O6/c1-13-3-5-14(6-4-13)11-15-7-9-16(10-8-15)25-22(28)17-18(21(27)24-2)20(31-12-26)19(17)23(29)30/h3-10,12,17-20H,11H2,1-2H3,(H,24,27)(H,25,28)(H,29,30). The number of benzene rings is 2. The van der Waals surface area contributed by atoms with E-state index in [1.54, 1.807) is 12.1 Å². The Hall–Kier alpha value is -3.68. The van der Waals surface area contributed by atoms with E-state index in [-0.39, 0.29) is 6.47 Å². The number of nitrogens with one attached hydrogen (secondary N) is 2. The number of amides is 2. The molecule has 31 heavy (non-hydrogen) atoms. The van der Waals surface area contributed by atoms with Crippen LogP contribution in [0.4, 0.5) is 5.69 Å². The number of carboxylic acids is 1. The van der Waals surface area contributed by atoms with E-state index in [0.29, 0.717) is 5.69 Å². The Bertz CT molecular complexity index is 971. The monoisotopic (exact) mass is 424 g/mol. The van der Waals surface area contributed by atoms with Gasteiger partial charge in [-0.3, -0.25) is 19.2 Å². The Balaban J connectivity index is 1.71. The van der Waals surface area contributed by atoms with Crippen molar-refractivity contribution >= 4 is 29.9 Å². The lowest BCUT2D eigenvalue weighted by Gasteiger charge is -2.45. The number of carbonyl (C=O) groups is 4. The van der Waals surface area contributed by atoms with Crippen LogP contribution in [-0.4, -0.2) is 42.5 Å². The van der Waals surface area contributed by atoms with Gasteiger partial charge in [0.05, 0.1) is 11.8 Å². The van der Waals surface area contributed by atoms with Crippen molar-refractivity contribution in [1.82, 2.24) is 5.32 Å². The Kier molecular flexibility index (Phi) is 6.69. The van der Waals surface area contributed by atoms with Crippen LogP contribution in [0.3, 0.4) is 0 Å². The number of rotatable bonds is 8. The number of hydrogen-bond acceptors (Lipinski definition) is 5. The van der Waals surface area contributed by atoms with Crippen LogP contribution in [0.5, 0.6) is 0 Å². The predicted octanol–water partition coefficient (Wildman–Crippen LogP) is 1.76. The van der Waals surface area contributed by atoms with Crippen molar-refractivity contribution in [2.45, 2.75) is 19.4 Å². The fraction of sp³-hybridized carbons (Fsp3) is 0.304. The van der Waals surface area contributed by atoms with Gasteiger partial charge in [0.25, 0.3) is 6.47 Å². The van der Waals surface area contributed by atoms with Gasteiger partial charge < -0.3 is 20.5 Å². The fourth-order valence-electron chi connectivity index (χ4n) is 3.92. The van der Waals surface area contributed by atoms with Crippen LogP contribution in [-0.2, 0) is 30.3 Å². The minimum absolute atomic E-state index is 0.0947. The molecule has 3 N–H and O–H groups in total. The lowest BCUT2D eigenvalue weighted by molar-refractivity contribution is -0.186. The van der Waals surface area contributed by atoms with E-state index in [1.165, 1.54) is 12.6 Å². The Morgan fingerprint density at radius 2 is 1.52 bits per heavy atom. The van der Waals surface area contributed by atoms with Crippen molar-refractivity contribution in [3.8, 4) is 0 Å². The number of hydrogen-bond donors (Lipinski definition) is 3. The highest BCUT2D eigenvalue weighted by atomic mass is 16.5. The van der Waals surface area contributed by atoms with Gasteiger partial charge in [-0.1, -0.05) is 42.0 Å². The molecule has 0 aromatic heterocycles. The molecule has 0 heterocycles. The normalized spacial score (nSPS) is 22.0. The topological polar surface area (TPSA) is 122 Å². The van der Waals surface area contributed by atoms with E-state index in [0.717, 1.165) is 17.5 Å². The molecule has 1 aliphatic carbocycles. The van der Waals surface area contributed by atoms with E-state index in [2.05, 4.69) is 22.8 Å². The molecular formula is C23H24N2O6. The quantitative estimate of drug-likeness (QED) is 0.555. The van der Waals surface area contributed by atoms with Crippen LogP contribution >= 0.6 is 0 Å². The zero-order valence-corrected chi connectivity index (χ0v) is 17.2. The van der Waals surface area contributed by atoms with E-state index in [9.17, 15) is 24.3 Å². The Morgan fingerprint density at radius 1 is 0.935 bits per heavy atom. The molecule has 2 aromatic carbocycles. The smallest absolute Gasteiger partial charge is 0.311 e. The Morgan fingerprint density at radius 3 is 2.03 bits per heavy atom. The molecule has 3 rings (SSSR count). The number of carboxylic acid groups (broad SMARTS) is 1. The van der Waals surface area contributed by atoms with Gasteiger partial charge >= 0.3 is 5.97 Å². The third-order valence-electron chi connectivity index (χ3n) is 5.58. The fourth-order valence-corrected chi connectivity index (χ4v) is 3.92. The summed E-state index contributed by atoms with van der Waals surface area (Å²) in [7, 11) is 1.37. The number of carbonyl (C=O) groups excluding carboxylic acids is 3. The molecule has 8 nitrogen and oxygen atoms in total. The van der Waals surface area contributed by atoms with Crippen molar-refractivity contribution in [3.05, 3.63) is 65.2 Å². The van der Waals surface area contributed by atoms with Gasteiger partial charge in [-0.05, 0) is 36.6 Å². The molecule has 1 saturated carbocycles. The molecular weight excluding hydrogens is 400 g/mol. The maximum absolute atomic E-state index is 12.8. The van der Waals surface area contributed by atoms with Crippen molar-refractivity contribution in [2.24, 2.45) is 17.8 Å². The zero-order chi connectivity index (χ0) is 22.5.